The highest BCUT2D eigenvalue weighted by molar-refractivity contribution is 5.73. The average molecular weight is 335 g/mol. The van der Waals surface area contributed by atoms with Gasteiger partial charge in [-0.25, -0.2) is 4.79 Å². The number of carbonyl (C=O) groups excluding carboxylic acids is 1. The number of nitro groups is 1. The molecule has 2 aliphatic rings. The van der Waals surface area contributed by atoms with Crippen LogP contribution in [-0.4, -0.2) is 68.3 Å². The Hall–Kier alpha value is -2.55. The second-order valence-corrected chi connectivity index (χ2v) is 5.84. The van der Waals surface area contributed by atoms with Gasteiger partial charge in [-0.1, -0.05) is 0 Å². The zero-order valence-electron chi connectivity index (χ0n) is 13.4. The van der Waals surface area contributed by atoms with Crippen LogP contribution in [0.15, 0.2) is 18.2 Å². The summed E-state index contributed by atoms with van der Waals surface area (Å²) in [6.07, 6.45) is 0. The molecule has 130 valence electrons. The molecule has 0 aliphatic carbocycles. The maximum absolute atomic E-state index is 11.3. The van der Waals surface area contributed by atoms with Gasteiger partial charge < -0.3 is 25.2 Å². The van der Waals surface area contributed by atoms with Gasteiger partial charge in [0.15, 0.2) is 0 Å². The topological polar surface area (TPSA) is 105 Å². The summed E-state index contributed by atoms with van der Waals surface area (Å²) in [5.74, 6) is 0. The number of carbonyl (C=O) groups is 1. The molecule has 2 heterocycles. The summed E-state index contributed by atoms with van der Waals surface area (Å²) in [6, 6.07) is 4.78. The van der Waals surface area contributed by atoms with Gasteiger partial charge in [-0.05, 0) is 12.1 Å². The standard InChI is InChI=1S/C15H21N5O4/c16-15(21)19-5-3-17(4-6-19)12-1-2-13(20(22)23)14(11-12)18-7-9-24-10-8-18/h1-2,11H,3-10H2,(H2,16,21). The van der Waals surface area contributed by atoms with Crippen molar-refractivity contribution in [2.75, 3.05) is 62.3 Å². The van der Waals surface area contributed by atoms with Crippen LogP contribution in [0.2, 0.25) is 0 Å². The fourth-order valence-corrected chi connectivity index (χ4v) is 3.11. The molecule has 24 heavy (non-hydrogen) atoms. The summed E-state index contributed by atoms with van der Waals surface area (Å²) in [6.45, 7) is 4.84. The molecular weight excluding hydrogens is 314 g/mol. The number of nitro benzene ring substituents is 1. The number of urea groups is 1. The van der Waals surface area contributed by atoms with Crippen LogP contribution in [0.1, 0.15) is 0 Å². The number of hydrogen-bond donors (Lipinski definition) is 1. The molecule has 0 unspecified atom stereocenters. The quantitative estimate of drug-likeness (QED) is 0.642. The number of ether oxygens (including phenoxy) is 1. The lowest BCUT2D eigenvalue weighted by atomic mass is 10.1. The number of hydrogen-bond acceptors (Lipinski definition) is 6. The van der Waals surface area contributed by atoms with Crippen molar-refractivity contribution in [2.45, 2.75) is 0 Å². The predicted molar refractivity (Wildman–Crippen MR) is 89.5 cm³/mol. The van der Waals surface area contributed by atoms with E-state index < -0.39 is 6.03 Å². The monoisotopic (exact) mass is 335 g/mol. The first kappa shape index (κ1) is 16.3. The van der Waals surface area contributed by atoms with Crippen molar-refractivity contribution in [1.82, 2.24) is 4.90 Å². The molecule has 2 aliphatic heterocycles. The Balaban J connectivity index is 1.82. The summed E-state index contributed by atoms with van der Waals surface area (Å²) in [5, 5.41) is 11.3. The minimum atomic E-state index is -0.410. The number of nitrogens with two attached hydrogens (primary N) is 1. The third-order valence-electron chi connectivity index (χ3n) is 4.46. The van der Waals surface area contributed by atoms with Crippen molar-refractivity contribution in [3.8, 4) is 0 Å². The smallest absolute Gasteiger partial charge is 0.314 e. The van der Waals surface area contributed by atoms with Gasteiger partial charge >= 0.3 is 6.03 Å². The summed E-state index contributed by atoms with van der Waals surface area (Å²) >= 11 is 0. The summed E-state index contributed by atoms with van der Waals surface area (Å²) in [5.41, 5.74) is 6.95. The first-order valence-electron chi connectivity index (χ1n) is 7.97. The normalized spacial score (nSPS) is 18.6. The molecule has 3 rings (SSSR count). The van der Waals surface area contributed by atoms with Crippen molar-refractivity contribution in [1.29, 1.82) is 0 Å². The summed E-state index contributed by atoms with van der Waals surface area (Å²) < 4.78 is 5.33. The van der Waals surface area contributed by atoms with E-state index >= 15 is 0 Å². The van der Waals surface area contributed by atoms with E-state index in [1.807, 2.05) is 11.0 Å². The molecule has 1 aromatic carbocycles. The van der Waals surface area contributed by atoms with Crippen LogP contribution in [0.25, 0.3) is 0 Å². The summed E-state index contributed by atoms with van der Waals surface area (Å²) in [4.78, 5) is 27.9. The van der Waals surface area contributed by atoms with Gasteiger partial charge in [0.2, 0.25) is 0 Å². The Morgan fingerprint density at radius 2 is 1.75 bits per heavy atom. The van der Waals surface area contributed by atoms with E-state index in [1.165, 1.54) is 0 Å². The summed E-state index contributed by atoms with van der Waals surface area (Å²) in [7, 11) is 0. The lowest BCUT2D eigenvalue weighted by molar-refractivity contribution is -0.384. The zero-order valence-corrected chi connectivity index (χ0v) is 13.4. The molecule has 9 nitrogen and oxygen atoms in total. The largest absolute Gasteiger partial charge is 0.378 e. The first-order valence-corrected chi connectivity index (χ1v) is 7.97. The van der Waals surface area contributed by atoms with Crippen LogP contribution in [0.4, 0.5) is 21.9 Å². The zero-order chi connectivity index (χ0) is 17.1. The molecule has 0 radical (unpaired) electrons. The molecule has 9 heteroatoms. The van der Waals surface area contributed by atoms with E-state index in [2.05, 4.69) is 4.90 Å². The maximum atomic E-state index is 11.3. The molecule has 2 N–H and O–H groups in total. The fourth-order valence-electron chi connectivity index (χ4n) is 3.11. The van der Waals surface area contributed by atoms with E-state index in [4.69, 9.17) is 10.5 Å². The number of benzene rings is 1. The maximum Gasteiger partial charge on any atom is 0.314 e. The predicted octanol–water partition coefficient (Wildman–Crippen LogP) is 0.632. The van der Waals surface area contributed by atoms with Crippen LogP contribution in [-0.2, 0) is 4.74 Å². The Morgan fingerprint density at radius 1 is 1.08 bits per heavy atom. The van der Waals surface area contributed by atoms with E-state index in [-0.39, 0.29) is 10.6 Å². The van der Waals surface area contributed by atoms with Crippen molar-refractivity contribution < 1.29 is 14.5 Å². The number of piperazine rings is 1. The lowest BCUT2D eigenvalue weighted by Gasteiger charge is -2.36. The van der Waals surface area contributed by atoms with Crippen LogP contribution in [0, 0.1) is 10.1 Å². The molecule has 0 atom stereocenters. The van der Waals surface area contributed by atoms with Crippen LogP contribution in [0.5, 0.6) is 0 Å². The van der Waals surface area contributed by atoms with Crippen molar-refractivity contribution >= 4 is 23.1 Å². The van der Waals surface area contributed by atoms with Gasteiger partial charge in [-0.2, -0.15) is 0 Å². The second kappa shape index (κ2) is 6.91. The molecule has 2 amide bonds. The lowest BCUT2D eigenvalue weighted by Crippen LogP contribution is -2.50. The molecule has 2 fully saturated rings. The van der Waals surface area contributed by atoms with Gasteiger partial charge in [0.1, 0.15) is 5.69 Å². The van der Waals surface area contributed by atoms with Crippen LogP contribution in [0.3, 0.4) is 0 Å². The van der Waals surface area contributed by atoms with Crippen LogP contribution >= 0.6 is 0 Å². The Morgan fingerprint density at radius 3 is 2.33 bits per heavy atom. The SMILES string of the molecule is NC(=O)N1CCN(c2ccc([N+](=O)[O-])c(N3CCOCC3)c2)CC1. The van der Waals surface area contributed by atoms with E-state index in [0.717, 1.165) is 5.69 Å². The molecule has 1 aromatic rings. The van der Waals surface area contributed by atoms with Crippen LogP contribution < -0.4 is 15.5 Å². The van der Waals surface area contributed by atoms with Gasteiger partial charge in [-0.15, -0.1) is 0 Å². The third kappa shape index (κ3) is 3.35. The second-order valence-electron chi connectivity index (χ2n) is 5.84. The van der Waals surface area contributed by atoms with E-state index in [9.17, 15) is 14.9 Å². The number of rotatable bonds is 3. The third-order valence-corrected chi connectivity index (χ3v) is 4.46. The molecule has 0 bridgehead atoms. The average Bonchev–Trinajstić information content (AvgIpc) is 2.62. The van der Waals surface area contributed by atoms with Gasteiger partial charge in [-0.3, -0.25) is 10.1 Å². The van der Waals surface area contributed by atoms with Crippen molar-refractivity contribution in [2.24, 2.45) is 5.73 Å². The number of primary amides is 1. The molecule has 0 saturated carbocycles. The Labute approximate surface area is 139 Å². The number of amides is 2. The molecule has 0 aromatic heterocycles. The van der Waals surface area contributed by atoms with Crippen molar-refractivity contribution in [3.63, 3.8) is 0 Å². The van der Waals surface area contributed by atoms with E-state index in [0.29, 0.717) is 58.2 Å². The fraction of sp³-hybridized carbons (Fsp3) is 0.533. The Kier molecular flexibility index (Phi) is 4.70. The van der Waals surface area contributed by atoms with Gasteiger partial charge in [0.05, 0.1) is 18.1 Å². The molecule has 2 saturated heterocycles. The Bertz CT molecular complexity index is 624. The molecule has 0 spiro atoms. The van der Waals surface area contributed by atoms with Gasteiger partial charge in [0, 0.05) is 51.0 Å². The molecular formula is C15H21N5O4. The number of morpholine rings is 1. The van der Waals surface area contributed by atoms with E-state index in [1.54, 1.807) is 17.0 Å². The highest BCUT2D eigenvalue weighted by Crippen LogP contribution is 2.33. The van der Waals surface area contributed by atoms with Gasteiger partial charge in [0.25, 0.3) is 5.69 Å². The minimum absolute atomic E-state index is 0.108. The number of anilines is 2. The number of nitrogens with zero attached hydrogens (tertiary/aromatic N) is 4. The highest BCUT2D eigenvalue weighted by Gasteiger charge is 2.25. The highest BCUT2D eigenvalue weighted by atomic mass is 16.6. The minimum Gasteiger partial charge on any atom is -0.378 e. The first-order chi connectivity index (χ1) is 11.6. The van der Waals surface area contributed by atoms with Crippen molar-refractivity contribution in [3.05, 3.63) is 28.3 Å².